The molecule has 0 spiro atoms. The second kappa shape index (κ2) is 14.0. The van der Waals surface area contributed by atoms with E-state index in [0.717, 1.165) is 0 Å². The fourth-order valence-electron chi connectivity index (χ4n) is 2.75. The minimum Gasteiger partial charge on any atom is -0.481 e. The maximum absolute atomic E-state index is 12.6. The monoisotopic (exact) mass is 475 g/mol. The van der Waals surface area contributed by atoms with Crippen LogP contribution in [0, 0.1) is 5.92 Å². The number of carboxylic acid groups (broad SMARTS) is 2. The van der Waals surface area contributed by atoms with Crippen LogP contribution in [-0.2, 0) is 28.8 Å². The SMILES string of the molecule is CC(C)CC(N)C(=O)NC(C(=O)NC(CC(N)=O)C(=O)NC(CCC(=O)O)C(=O)O)C(C)O. The van der Waals surface area contributed by atoms with E-state index in [2.05, 4.69) is 10.6 Å². The molecule has 0 heterocycles. The van der Waals surface area contributed by atoms with E-state index in [1.807, 2.05) is 19.2 Å². The zero-order valence-corrected chi connectivity index (χ0v) is 18.7. The fraction of sp³-hybridized carbons (Fsp3) is 0.684. The molecule has 0 saturated heterocycles. The summed E-state index contributed by atoms with van der Waals surface area (Å²) in [5.74, 6) is -6.63. The molecule has 0 fully saturated rings. The molecule has 5 unspecified atom stereocenters. The Kier molecular flexibility index (Phi) is 12.6. The molecule has 0 saturated carbocycles. The van der Waals surface area contributed by atoms with Crippen LogP contribution in [-0.4, -0.2) is 81.2 Å². The summed E-state index contributed by atoms with van der Waals surface area (Å²) < 4.78 is 0. The maximum Gasteiger partial charge on any atom is 0.326 e. The van der Waals surface area contributed by atoms with E-state index in [-0.39, 0.29) is 5.92 Å². The lowest BCUT2D eigenvalue weighted by Crippen LogP contribution is -2.60. The van der Waals surface area contributed by atoms with Crippen LogP contribution in [0.1, 0.15) is 46.5 Å². The van der Waals surface area contributed by atoms with Crippen molar-refractivity contribution in [3.8, 4) is 0 Å². The largest absolute Gasteiger partial charge is 0.481 e. The van der Waals surface area contributed by atoms with E-state index in [9.17, 15) is 39.0 Å². The molecular weight excluding hydrogens is 442 g/mol. The van der Waals surface area contributed by atoms with Crippen molar-refractivity contribution in [3.05, 3.63) is 0 Å². The molecule has 5 atom stereocenters. The number of hydrogen-bond acceptors (Lipinski definition) is 8. The second-order valence-corrected chi connectivity index (χ2v) is 8.03. The van der Waals surface area contributed by atoms with Crippen molar-refractivity contribution < 1.29 is 44.1 Å². The quantitative estimate of drug-likeness (QED) is 0.119. The predicted molar refractivity (Wildman–Crippen MR) is 113 cm³/mol. The number of aliphatic hydroxyl groups is 1. The first kappa shape index (κ1) is 29.7. The summed E-state index contributed by atoms with van der Waals surface area (Å²) in [6.07, 6.45) is -2.85. The van der Waals surface area contributed by atoms with E-state index in [4.69, 9.17) is 16.6 Å². The highest BCUT2D eigenvalue weighted by molar-refractivity contribution is 5.96. The van der Waals surface area contributed by atoms with Crippen molar-refractivity contribution >= 4 is 35.6 Å². The number of carboxylic acids is 2. The molecule has 0 aromatic carbocycles. The fourth-order valence-corrected chi connectivity index (χ4v) is 2.75. The lowest BCUT2D eigenvalue weighted by molar-refractivity contribution is -0.143. The van der Waals surface area contributed by atoms with Crippen LogP contribution in [0.5, 0.6) is 0 Å². The number of primary amides is 1. The summed E-state index contributed by atoms with van der Waals surface area (Å²) in [4.78, 5) is 70.7. The van der Waals surface area contributed by atoms with Gasteiger partial charge in [-0.1, -0.05) is 13.8 Å². The average Bonchev–Trinajstić information content (AvgIpc) is 2.66. The number of nitrogens with one attached hydrogen (secondary N) is 3. The number of amides is 4. The third kappa shape index (κ3) is 11.8. The van der Waals surface area contributed by atoms with Gasteiger partial charge in [-0.2, -0.15) is 0 Å². The van der Waals surface area contributed by atoms with Gasteiger partial charge in [0.2, 0.25) is 23.6 Å². The van der Waals surface area contributed by atoms with Crippen molar-refractivity contribution in [1.82, 2.24) is 16.0 Å². The molecule has 10 N–H and O–H groups in total. The van der Waals surface area contributed by atoms with E-state index in [0.29, 0.717) is 6.42 Å². The van der Waals surface area contributed by atoms with Crippen LogP contribution in [0.4, 0.5) is 0 Å². The molecule has 0 aliphatic heterocycles. The zero-order valence-electron chi connectivity index (χ0n) is 18.7. The summed E-state index contributed by atoms with van der Waals surface area (Å²) in [6, 6.07) is -5.76. The van der Waals surface area contributed by atoms with Crippen LogP contribution in [0.15, 0.2) is 0 Å². The van der Waals surface area contributed by atoms with Gasteiger partial charge in [0.05, 0.1) is 18.6 Å². The van der Waals surface area contributed by atoms with Crippen molar-refractivity contribution in [3.63, 3.8) is 0 Å². The summed E-state index contributed by atoms with van der Waals surface area (Å²) >= 11 is 0. The van der Waals surface area contributed by atoms with Gasteiger partial charge in [0.15, 0.2) is 0 Å². The maximum atomic E-state index is 12.6. The number of carbonyl (C=O) groups is 6. The minimum absolute atomic E-state index is 0.0801. The highest BCUT2D eigenvalue weighted by Gasteiger charge is 2.33. The lowest BCUT2D eigenvalue weighted by atomic mass is 10.0. The van der Waals surface area contributed by atoms with Crippen molar-refractivity contribution in [2.24, 2.45) is 17.4 Å². The van der Waals surface area contributed by atoms with Crippen LogP contribution < -0.4 is 27.4 Å². The Hall–Kier alpha value is -3.26. The molecule has 14 nitrogen and oxygen atoms in total. The Labute approximate surface area is 190 Å². The van der Waals surface area contributed by atoms with Crippen LogP contribution in [0.3, 0.4) is 0 Å². The summed E-state index contributed by atoms with van der Waals surface area (Å²) in [5, 5.41) is 34.3. The molecule has 0 aromatic heterocycles. The summed E-state index contributed by atoms with van der Waals surface area (Å²) in [5.41, 5.74) is 10.9. The number of hydrogen-bond donors (Lipinski definition) is 8. The van der Waals surface area contributed by atoms with Gasteiger partial charge >= 0.3 is 11.9 Å². The zero-order chi connectivity index (χ0) is 25.9. The normalized spacial score (nSPS) is 15.5. The van der Waals surface area contributed by atoms with Gasteiger partial charge in [0, 0.05) is 6.42 Å². The molecule has 0 radical (unpaired) electrons. The van der Waals surface area contributed by atoms with E-state index >= 15 is 0 Å². The molecule has 14 heteroatoms. The van der Waals surface area contributed by atoms with Gasteiger partial charge in [0.1, 0.15) is 18.1 Å². The van der Waals surface area contributed by atoms with E-state index in [1.165, 1.54) is 6.92 Å². The highest BCUT2D eigenvalue weighted by atomic mass is 16.4. The molecular formula is C19H33N5O9. The van der Waals surface area contributed by atoms with Crippen molar-refractivity contribution in [2.75, 3.05) is 0 Å². The molecule has 0 rings (SSSR count). The van der Waals surface area contributed by atoms with Crippen LogP contribution in [0.25, 0.3) is 0 Å². The van der Waals surface area contributed by atoms with Crippen molar-refractivity contribution in [2.45, 2.75) is 76.7 Å². The number of carbonyl (C=O) groups excluding carboxylic acids is 4. The molecule has 4 amide bonds. The van der Waals surface area contributed by atoms with Gasteiger partial charge in [-0.25, -0.2) is 4.79 Å². The molecule has 0 aliphatic rings. The Morgan fingerprint density at radius 1 is 0.848 bits per heavy atom. The third-order valence-corrected chi connectivity index (χ3v) is 4.42. The summed E-state index contributed by atoms with van der Waals surface area (Å²) in [7, 11) is 0. The number of rotatable bonds is 15. The first-order chi connectivity index (χ1) is 15.1. The average molecular weight is 475 g/mol. The first-order valence-corrected chi connectivity index (χ1v) is 10.2. The smallest absolute Gasteiger partial charge is 0.326 e. The molecule has 0 bridgehead atoms. The number of aliphatic hydroxyl groups excluding tert-OH is 1. The molecule has 0 aliphatic carbocycles. The standard InChI is InChI=1S/C19H33N5O9/c1-8(2)6-10(20)16(29)24-15(9(3)25)18(31)23-12(7-13(21)26)17(30)22-11(19(32)33)4-5-14(27)28/h8-12,15,25H,4-7,20H2,1-3H3,(H2,21,26)(H,22,30)(H,23,31)(H,24,29)(H,27,28)(H,32,33). The van der Waals surface area contributed by atoms with Gasteiger partial charge in [-0.05, 0) is 25.7 Å². The predicted octanol–water partition coefficient (Wildman–Crippen LogP) is -2.98. The summed E-state index contributed by atoms with van der Waals surface area (Å²) in [6.45, 7) is 4.87. The van der Waals surface area contributed by atoms with Crippen LogP contribution in [0.2, 0.25) is 0 Å². The molecule has 33 heavy (non-hydrogen) atoms. The van der Waals surface area contributed by atoms with Crippen molar-refractivity contribution in [1.29, 1.82) is 0 Å². The van der Waals surface area contributed by atoms with Gasteiger partial charge < -0.3 is 42.7 Å². The Morgan fingerprint density at radius 3 is 1.82 bits per heavy atom. The van der Waals surface area contributed by atoms with E-state index in [1.54, 1.807) is 0 Å². The Morgan fingerprint density at radius 2 is 1.39 bits per heavy atom. The Bertz CT molecular complexity index is 741. The van der Waals surface area contributed by atoms with Gasteiger partial charge in [0.25, 0.3) is 0 Å². The topological polar surface area (TPSA) is 251 Å². The molecule has 0 aromatic rings. The third-order valence-electron chi connectivity index (χ3n) is 4.42. The lowest BCUT2D eigenvalue weighted by Gasteiger charge is -2.26. The first-order valence-electron chi connectivity index (χ1n) is 10.2. The van der Waals surface area contributed by atoms with Gasteiger partial charge in [-0.3, -0.25) is 24.0 Å². The number of aliphatic carboxylic acids is 2. The molecule has 188 valence electrons. The number of nitrogens with two attached hydrogens (primary N) is 2. The van der Waals surface area contributed by atoms with Crippen LogP contribution >= 0.6 is 0 Å². The second-order valence-electron chi connectivity index (χ2n) is 8.03. The Balaban J connectivity index is 5.45. The van der Waals surface area contributed by atoms with Gasteiger partial charge in [-0.15, -0.1) is 0 Å². The highest BCUT2D eigenvalue weighted by Crippen LogP contribution is 2.05. The minimum atomic E-state index is -1.65. The van der Waals surface area contributed by atoms with E-state index < -0.39 is 85.1 Å².